The van der Waals surface area contributed by atoms with Crippen molar-refractivity contribution in [2.45, 2.75) is 4.90 Å². The van der Waals surface area contributed by atoms with Crippen LogP contribution in [0.5, 0.6) is 5.75 Å². The van der Waals surface area contributed by atoms with Gasteiger partial charge in [0.1, 0.15) is 5.75 Å². The number of nitrogens with zero attached hydrogens (tertiary/aromatic N) is 3. The number of hydrogen-bond donors (Lipinski definition) is 0. The molecule has 0 saturated carbocycles. The topological polar surface area (TPSA) is 53.1 Å². The molecule has 0 N–H and O–H groups in total. The van der Waals surface area contributed by atoms with Crippen molar-refractivity contribution >= 4 is 41.0 Å². The quantitative estimate of drug-likeness (QED) is 0.499. The minimum Gasteiger partial charge on any atom is -0.496 e. The SMILES string of the molecule is COc1ccccc1C=C1Sc2ccc(C(=O)N3CCN(c4ccccc4)CC3)cc2N(C)C1=O. The summed E-state index contributed by atoms with van der Waals surface area (Å²) in [6.45, 7) is 2.93. The highest BCUT2D eigenvalue weighted by Gasteiger charge is 2.29. The Labute approximate surface area is 209 Å². The summed E-state index contributed by atoms with van der Waals surface area (Å²) in [5.74, 6) is 0.617. The molecule has 178 valence electrons. The Morgan fingerprint density at radius 2 is 1.66 bits per heavy atom. The first-order valence-electron chi connectivity index (χ1n) is 11.6. The number of hydrogen-bond acceptors (Lipinski definition) is 5. The Morgan fingerprint density at radius 3 is 2.40 bits per heavy atom. The van der Waals surface area contributed by atoms with E-state index in [9.17, 15) is 9.59 Å². The molecule has 2 aliphatic heterocycles. The number of amides is 2. The van der Waals surface area contributed by atoms with Crippen LogP contribution in [0.15, 0.2) is 82.6 Å². The molecule has 6 nitrogen and oxygen atoms in total. The average molecular weight is 486 g/mol. The first-order chi connectivity index (χ1) is 17.0. The van der Waals surface area contributed by atoms with Gasteiger partial charge in [-0.2, -0.15) is 0 Å². The smallest absolute Gasteiger partial charge is 0.264 e. The monoisotopic (exact) mass is 485 g/mol. The van der Waals surface area contributed by atoms with Crippen molar-refractivity contribution in [1.82, 2.24) is 4.90 Å². The molecule has 3 aromatic rings. The number of carbonyl (C=O) groups is 2. The van der Waals surface area contributed by atoms with Crippen LogP contribution in [0.2, 0.25) is 0 Å². The standard InChI is InChI=1S/C28H27N3O3S/c1-29-23-18-21(27(32)31-16-14-30(15-17-31)22-9-4-3-5-10-22)12-13-25(23)35-26(28(29)33)19-20-8-6-7-11-24(20)34-2/h3-13,18-19H,14-17H2,1-2H3. The lowest BCUT2D eigenvalue weighted by Crippen LogP contribution is -2.48. The first kappa shape index (κ1) is 23.1. The molecule has 0 aliphatic carbocycles. The number of piperazine rings is 1. The molecular formula is C28H27N3O3S. The molecule has 5 rings (SSSR count). The first-order valence-corrected chi connectivity index (χ1v) is 12.4. The summed E-state index contributed by atoms with van der Waals surface area (Å²) in [7, 11) is 3.37. The molecule has 7 heteroatoms. The van der Waals surface area contributed by atoms with E-state index in [0.29, 0.717) is 23.6 Å². The van der Waals surface area contributed by atoms with Crippen LogP contribution in [0, 0.1) is 0 Å². The van der Waals surface area contributed by atoms with Crippen molar-refractivity contribution in [1.29, 1.82) is 0 Å². The second-order valence-corrected chi connectivity index (χ2v) is 9.60. The summed E-state index contributed by atoms with van der Waals surface area (Å²) < 4.78 is 5.43. The molecular weight excluding hydrogens is 458 g/mol. The van der Waals surface area contributed by atoms with E-state index < -0.39 is 0 Å². The highest BCUT2D eigenvalue weighted by molar-refractivity contribution is 8.04. The van der Waals surface area contributed by atoms with Gasteiger partial charge < -0.3 is 19.4 Å². The predicted molar refractivity (Wildman–Crippen MR) is 141 cm³/mol. The van der Waals surface area contributed by atoms with E-state index in [0.717, 1.165) is 35.0 Å². The molecule has 2 heterocycles. The number of carbonyl (C=O) groups excluding carboxylic acids is 2. The Kier molecular flexibility index (Phi) is 6.51. The highest BCUT2D eigenvalue weighted by Crippen LogP contribution is 2.42. The molecule has 0 unspecified atom stereocenters. The third-order valence-corrected chi connectivity index (χ3v) is 7.49. The Hall–Kier alpha value is -3.71. The Morgan fingerprint density at radius 1 is 0.943 bits per heavy atom. The van der Waals surface area contributed by atoms with E-state index in [1.807, 2.05) is 71.6 Å². The summed E-state index contributed by atoms with van der Waals surface area (Å²) in [4.78, 5) is 33.8. The van der Waals surface area contributed by atoms with Crippen molar-refractivity contribution in [2.75, 3.05) is 50.1 Å². The van der Waals surface area contributed by atoms with Crippen molar-refractivity contribution < 1.29 is 14.3 Å². The maximum atomic E-state index is 13.3. The Bertz CT molecular complexity index is 1280. The number of fused-ring (bicyclic) bond motifs is 1. The minimum absolute atomic E-state index is 0.00159. The molecule has 0 radical (unpaired) electrons. The van der Waals surface area contributed by atoms with Crippen LogP contribution in [0.3, 0.4) is 0 Å². The van der Waals surface area contributed by atoms with Gasteiger partial charge in [0.2, 0.25) is 0 Å². The number of ether oxygens (including phenoxy) is 1. The Balaban J connectivity index is 1.33. The minimum atomic E-state index is -0.102. The fraction of sp³-hybridized carbons (Fsp3) is 0.214. The van der Waals surface area contributed by atoms with Gasteiger partial charge in [0, 0.05) is 54.9 Å². The molecule has 0 spiro atoms. The molecule has 0 aromatic heterocycles. The average Bonchev–Trinajstić information content (AvgIpc) is 2.92. The molecule has 1 fully saturated rings. The van der Waals surface area contributed by atoms with Gasteiger partial charge in [-0.25, -0.2) is 0 Å². The van der Waals surface area contributed by atoms with Crippen LogP contribution in [0.25, 0.3) is 6.08 Å². The van der Waals surface area contributed by atoms with E-state index in [4.69, 9.17) is 4.74 Å². The molecule has 0 bridgehead atoms. The van der Waals surface area contributed by atoms with E-state index in [1.165, 1.54) is 17.4 Å². The largest absolute Gasteiger partial charge is 0.496 e. The molecule has 2 amide bonds. The van der Waals surface area contributed by atoms with Gasteiger partial charge in [-0.15, -0.1) is 0 Å². The molecule has 0 atom stereocenters. The van der Waals surface area contributed by atoms with Gasteiger partial charge in [-0.3, -0.25) is 9.59 Å². The fourth-order valence-electron chi connectivity index (χ4n) is 4.44. The lowest BCUT2D eigenvalue weighted by molar-refractivity contribution is -0.114. The molecule has 2 aliphatic rings. The maximum Gasteiger partial charge on any atom is 0.264 e. The molecule has 1 saturated heterocycles. The van der Waals surface area contributed by atoms with Gasteiger partial charge in [-0.05, 0) is 42.5 Å². The number of para-hydroxylation sites is 2. The van der Waals surface area contributed by atoms with E-state index in [2.05, 4.69) is 17.0 Å². The van der Waals surface area contributed by atoms with Gasteiger partial charge in [0.05, 0.1) is 17.7 Å². The lowest BCUT2D eigenvalue weighted by Gasteiger charge is -2.36. The maximum absolute atomic E-state index is 13.3. The predicted octanol–water partition coefficient (Wildman–Crippen LogP) is 4.77. The lowest BCUT2D eigenvalue weighted by atomic mass is 10.1. The molecule has 3 aromatic carbocycles. The van der Waals surface area contributed by atoms with Crippen LogP contribution >= 0.6 is 11.8 Å². The van der Waals surface area contributed by atoms with Crippen LogP contribution in [0.1, 0.15) is 15.9 Å². The van der Waals surface area contributed by atoms with Gasteiger partial charge in [0.15, 0.2) is 0 Å². The zero-order valence-corrected chi connectivity index (χ0v) is 20.6. The summed E-state index contributed by atoms with van der Waals surface area (Å²) in [6, 6.07) is 23.5. The summed E-state index contributed by atoms with van der Waals surface area (Å²) >= 11 is 1.42. The van der Waals surface area contributed by atoms with Gasteiger partial charge in [-0.1, -0.05) is 48.2 Å². The van der Waals surface area contributed by atoms with Crippen molar-refractivity contribution in [3.8, 4) is 5.75 Å². The van der Waals surface area contributed by atoms with Crippen LogP contribution < -0.4 is 14.5 Å². The normalized spacial score (nSPS) is 16.9. The molecule has 35 heavy (non-hydrogen) atoms. The fourth-order valence-corrected chi connectivity index (χ4v) is 5.53. The number of methoxy groups -OCH3 is 1. The van der Waals surface area contributed by atoms with Gasteiger partial charge in [0.25, 0.3) is 11.8 Å². The van der Waals surface area contributed by atoms with Crippen LogP contribution in [0.4, 0.5) is 11.4 Å². The third-order valence-electron chi connectivity index (χ3n) is 6.42. The number of rotatable bonds is 4. The van der Waals surface area contributed by atoms with Crippen LogP contribution in [-0.4, -0.2) is 57.1 Å². The van der Waals surface area contributed by atoms with Gasteiger partial charge >= 0.3 is 0 Å². The second kappa shape index (κ2) is 9.88. The van der Waals surface area contributed by atoms with E-state index in [-0.39, 0.29) is 11.8 Å². The number of anilines is 2. The summed E-state index contributed by atoms with van der Waals surface area (Å²) in [6.07, 6.45) is 1.86. The van der Waals surface area contributed by atoms with Crippen molar-refractivity contribution in [3.63, 3.8) is 0 Å². The van der Waals surface area contributed by atoms with Crippen LogP contribution in [-0.2, 0) is 4.79 Å². The zero-order chi connectivity index (χ0) is 24.4. The van der Waals surface area contributed by atoms with E-state index in [1.54, 1.807) is 19.1 Å². The summed E-state index contributed by atoms with van der Waals surface area (Å²) in [5.41, 5.74) is 3.40. The zero-order valence-electron chi connectivity index (χ0n) is 19.8. The third kappa shape index (κ3) is 4.64. The number of likely N-dealkylation sites (N-methyl/N-ethyl adjacent to an activating group) is 1. The number of benzene rings is 3. The second-order valence-electron chi connectivity index (χ2n) is 8.51. The van der Waals surface area contributed by atoms with Crippen molar-refractivity contribution in [2.24, 2.45) is 0 Å². The summed E-state index contributed by atoms with van der Waals surface area (Å²) in [5, 5.41) is 0. The van der Waals surface area contributed by atoms with E-state index >= 15 is 0 Å². The highest BCUT2D eigenvalue weighted by atomic mass is 32.2. The van der Waals surface area contributed by atoms with Crippen molar-refractivity contribution in [3.05, 3.63) is 88.8 Å². The number of thioether (sulfide) groups is 1.